The zero-order valence-electron chi connectivity index (χ0n) is 38.0. The van der Waals surface area contributed by atoms with E-state index in [-0.39, 0.29) is 56.8 Å². The van der Waals surface area contributed by atoms with E-state index in [1.807, 2.05) is 42.3 Å². The van der Waals surface area contributed by atoms with Crippen LogP contribution in [0.1, 0.15) is 98.3 Å². The Morgan fingerprint density at radius 2 is 1.78 bits per heavy atom. The Morgan fingerprint density at radius 1 is 1.03 bits per heavy atom. The molecule has 2 aromatic heterocycles. The number of methoxy groups -OCH3 is 1. The van der Waals surface area contributed by atoms with Crippen LogP contribution in [0.2, 0.25) is 0 Å². The van der Waals surface area contributed by atoms with Crippen molar-refractivity contribution in [1.82, 2.24) is 25.5 Å². The minimum Gasteiger partial charge on any atom is -0.497 e. The highest BCUT2D eigenvalue weighted by atomic mass is 32.1. The van der Waals surface area contributed by atoms with E-state index in [1.54, 1.807) is 39.2 Å². The van der Waals surface area contributed by atoms with E-state index in [1.165, 1.54) is 16.2 Å². The summed E-state index contributed by atoms with van der Waals surface area (Å²) in [4.78, 5) is 68.4. The standard InChI is InChI=1S/C46H63N6O11PS/c1-6-60-64(58,61-7-2)22-21-51(29(3)4)44-48-38(28-65-44)37-25-40(34-20-19-32(59-5)23-36(34)47-37)62-33-24-39-41(53)50-46(43(55)56)26-30(46)15-11-9-8-10-12-18-35(42(54)52(39)27-33)49-45(57)63-31-16-13-14-17-31/h11,15,19-20,23,25,28-31,33,35,39H,6-10,12-14,16-18,21-22,24,26-27H2,1-5H3,(H,49,57)(H,50,53)(H,55,56)/t30-,33-,35+,39+,46-/m1/s1. The molecule has 2 saturated carbocycles. The van der Waals surface area contributed by atoms with Crippen LogP contribution in [0.5, 0.6) is 11.5 Å². The number of anilines is 1. The fourth-order valence-corrected chi connectivity index (χ4v) is 11.6. The Morgan fingerprint density at radius 3 is 2.49 bits per heavy atom. The van der Waals surface area contributed by atoms with Crippen molar-refractivity contribution in [2.24, 2.45) is 5.92 Å². The number of nitrogens with one attached hydrogen (secondary N) is 2. The lowest BCUT2D eigenvalue weighted by atomic mass is 10.0. The number of benzene rings is 1. The van der Waals surface area contributed by atoms with Crippen LogP contribution < -0.4 is 25.0 Å². The molecule has 2 aliphatic carbocycles. The van der Waals surface area contributed by atoms with Gasteiger partial charge in [-0.25, -0.2) is 19.6 Å². The molecule has 17 nitrogen and oxygen atoms in total. The number of fused-ring (bicyclic) bond motifs is 3. The zero-order valence-corrected chi connectivity index (χ0v) is 39.7. The number of aliphatic carboxylic acids is 1. The van der Waals surface area contributed by atoms with Crippen LogP contribution in [0.3, 0.4) is 0 Å². The number of pyridine rings is 1. The van der Waals surface area contributed by atoms with Crippen LogP contribution in [0, 0.1) is 5.92 Å². The molecule has 0 bridgehead atoms. The number of rotatable bonds is 16. The smallest absolute Gasteiger partial charge is 0.408 e. The summed E-state index contributed by atoms with van der Waals surface area (Å²) in [6.07, 6.45) is 9.53. The van der Waals surface area contributed by atoms with Crippen molar-refractivity contribution in [3.8, 4) is 22.9 Å². The second-order valence-electron chi connectivity index (χ2n) is 17.5. The SMILES string of the molecule is CCOP(=O)(CCN(c1nc(-c2cc(O[C@@H]3C[C@H]4C(=O)N[C@]5(C(=O)O)C[C@H]5C=CCCCCC[C@H](NC(=O)OC5CCCC5)C(=O)N4C3)c3ccc(OC)cc3n2)cs1)C(C)C)OCC. The first-order valence-corrected chi connectivity index (χ1v) is 25.6. The fourth-order valence-electron chi connectivity index (χ4n) is 9.07. The lowest BCUT2D eigenvalue weighted by Crippen LogP contribution is -2.56. The van der Waals surface area contributed by atoms with Crippen molar-refractivity contribution in [2.75, 3.05) is 44.5 Å². The number of carbonyl (C=O) groups is 4. The van der Waals surface area contributed by atoms with E-state index in [0.29, 0.717) is 58.3 Å². The molecule has 1 saturated heterocycles. The third-order valence-electron chi connectivity index (χ3n) is 12.7. The van der Waals surface area contributed by atoms with Crippen LogP contribution in [0.4, 0.5) is 9.93 Å². The molecule has 0 radical (unpaired) electrons. The quantitative estimate of drug-likeness (QED) is 0.0929. The summed E-state index contributed by atoms with van der Waals surface area (Å²) in [5.41, 5.74) is 0.152. The molecular weight excluding hydrogens is 876 g/mol. The summed E-state index contributed by atoms with van der Waals surface area (Å²) in [7, 11) is -1.74. The number of amides is 3. The number of allylic oxidation sites excluding steroid dienone is 1. The van der Waals surface area contributed by atoms with Gasteiger partial charge in [0.1, 0.15) is 47.0 Å². The monoisotopic (exact) mass is 938 g/mol. The number of hydrogen-bond acceptors (Lipinski definition) is 14. The summed E-state index contributed by atoms with van der Waals surface area (Å²) in [6, 6.07) is 5.15. The summed E-state index contributed by atoms with van der Waals surface area (Å²) in [5, 5.41) is 19.3. The summed E-state index contributed by atoms with van der Waals surface area (Å²) >= 11 is 1.42. The molecule has 5 atom stereocenters. The largest absolute Gasteiger partial charge is 0.497 e. The van der Waals surface area contributed by atoms with Crippen LogP contribution in [0.15, 0.2) is 41.8 Å². The maximum absolute atomic E-state index is 14.7. The van der Waals surface area contributed by atoms with Gasteiger partial charge in [-0.15, -0.1) is 11.3 Å². The molecule has 4 aliphatic rings. The summed E-state index contributed by atoms with van der Waals surface area (Å²) in [6.45, 7) is 8.54. The first-order chi connectivity index (χ1) is 31.3. The maximum Gasteiger partial charge on any atom is 0.408 e. The third kappa shape index (κ3) is 11.4. The lowest BCUT2D eigenvalue weighted by molar-refractivity contribution is -0.145. The van der Waals surface area contributed by atoms with Gasteiger partial charge < -0.3 is 48.8 Å². The Kier molecular flexibility index (Phi) is 15.7. The normalized spacial score (nSPS) is 24.2. The Labute approximate surface area is 384 Å². The molecule has 4 heterocycles. The number of carboxylic acids is 1. The predicted octanol–water partition coefficient (Wildman–Crippen LogP) is 7.71. The Bertz CT molecular complexity index is 2260. The van der Waals surface area contributed by atoms with E-state index in [9.17, 15) is 28.8 Å². The molecule has 65 heavy (non-hydrogen) atoms. The number of nitrogens with zero attached hydrogens (tertiary/aromatic N) is 4. The number of hydrogen-bond donors (Lipinski definition) is 3. The van der Waals surface area contributed by atoms with Gasteiger partial charge in [0.2, 0.25) is 11.8 Å². The lowest BCUT2D eigenvalue weighted by Gasteiger charge is -2.29. The minimum absolute atomic E-state index is 0.00811. The van der Waals surface area contributed by atoms with Crippen LogP contribution in [0.25, 0.3) is 22.3 Å². The topological polar surface area (TPSA) is 208 Å². The van der Waals surface area contributed by atoms with Crippen molar-refractivity contribution < 1.29 is 52.1 Å². The second-order valence-corrected chi connectivity index (χ2v) is 20.5. The van der Waals surface area contributed by atoms with Gasteiger partial charge in [0.05, 0.1) is 44.2 Å². The van der Waals surface area contributed by atoms with E-state index in [4.69, 9.17) is 33.2 Å². The highest BCUT2D eigenvalue weighted by molar-refractivity contribution is 7.53. The van der Waals surface area contributed by atoms with E-state index in [2.05, 4.69) is 10.6 Å². The van der Waals surface area contributed by atoms with Crippen LogP contribution >= 0.6 is 18.9 Å². The van der Waals surface area contributed by atoms with Crippen LogP contribution in [-0.2, 0) is 32.7 Å². The first kappa shape index (κ1) is 48.2. The van der Waals surface area contributed by atoms with Gasteiger partial charge in [-0.1, -0.05) is 25.0 Å². The van der Waals surface area contributed by atoms with Gasteiger partial charge in [-0.3, -0.25) is 14.2 Å². The number of aromatic nitrogens is 2. The van der Waals surface area contributed by atoms with Gasteiger partial charge in [0.15, 0.2) is 5.13 Å². The summed E-state index contributed by atoms with van der Waals surface area (Å²) in [5.74, 6) is -1.56. The molecule has 1 aromatic carbocycles. The highest BCUT2D eigenvalue weighted by Gasteiger charge is 2.61. The maximum atomic E-state index is 14.7. The van der Waals surface area contributed by atoms with Crippen molar-refractivity contribution in [1.29, 1.82) is 0 Å². The zero-order chi connectivity index (χ0) is 46.3. The molecule has 19 heteroatoms. The molecule has 3 N–H and O–H groups in total. The molecule has 3 amide bonds. The van der Waals surface area contributed by atoms with Crippen LogP contribution in [-0.4, -0.2) is 119 Å². The van der Waals surface area contributed by atoms with Gasteiger partial charge >= 0.3 is 19.7 Å². The van der Waals surface area contributed by atoms with E-state index in [0.717, 1.165) is 44.9 Å². The van der Waals surface area contributed by atoms with E-state index >= 15 is 0 Å². The average Bonchev–Trinajstić information content (AvgIpc) is 3.71. The minimum atomic E-state index is -3.31. The Balaban J connectivity index is 1.19. The average molecular weight is 939 g/mol. The molecule has 3 aromatic rings. The predicted molar refractivity (Wildman–Crippen MR) is 247 cm³/mol. The van der Waals surface area contributed by atoms with E-state index < -0.39 is 55.2 Å². The van der Waals surface area contributed by atoms with Gasteiger partial charge in [0, 0.05) is 47.8 Å². The van der Waals surface area contributed by atoms with Crippen molar-refractivity contribution >= 4 is 58.8 Å². The molecule has 2 aliphatic heterocycles. The molecule has 7 rings (SSSR count). The number of thiazole rings is 1. The first-order valence-electron chi connectivity index (χ1n) is 23.0. The second kappa shape index (κ2) is 21.2. The summed E-state index contributed by atoms with van der Waals surface area (Å²) < 4.78 is 42.5. The molecule has 3 fully saturated rings. The number of alkyl carbamates (subject to hydrolysis) is 1. The van der Waals surface area contributed by atoms with Crippen molar-refractivity contribution in [3.63, 3.8) is 0 Å². The molecule has 0 unspecified atom stereocenters. The van der Waals surface area contributed by atoms with Gasteiger partial charge in [0.25, 0.3) is 0 Å². The number of carboxylic acid groups (broad SMARTS) is 1. The Hall–Kier alpha value is -4.77. The molecule has 0 spiro atoms. The number of carbonyl (C=O) groups excluding carboxylic acids is 3. The fraction of sp³-hybridized carbons (Fsp3) is 0.609. The molecule has 354 valence electrons. The third-order valence-corrected chi connectivity index (χ3v) is 15.6. The number of ether oxygens (including phenoxy) is 3. The van der Waals surface area contributed by atoms with Gasteiger partial charge in [-0.2, -0.15) is 0 Å². The van der Waals surface area contributed by atoms with Crippen molar-refractivity contribution in [2.45, 2.75) is 134 Å². The van der Waals surface area contributed by atoms with Crippen molar-refractivity contribution in [3.05, 3.63) is 41.8 Å². The van der Waals surface area contributed by atoms with Gasteiger partial charge in [-0.05, 0) is 91.2 Å². The highest BCUT2D eigenvalue weighted by Crippen LogP contribution is 2.48. The molecular formula is C46H63N6O11PS.